The Morgan fingerprint density at radius 3 is 2.53 bits per heavy atom. The number of ketones is 1. The monoisotopic (exact) mass is 274 g/mol. The zero-order valence-corrected chi connectivity index (χ0v) is 10.9. The molecular weight excluding hydrogens is 263 g/mol. The summed E-state index contributed by atoms with van der Waals surface area (Å²) >= 11 is 1.43. The van der Waals surface area contributed by atoms with Crippen molar-refractivity contribution < 1.29 is 13.6 Å². The number of benzene rings is 1. The smallest absolute Gasteiger partial charge is 0.165 e. The van der Waals surface area contributed by atoms with Crippen LogP contribution in [0.1, 0.15) is 18.6 Å². The van der Waals surface area contributed by atoms with E-state index in [9.17, 15) is 9.18 Å². The number of rotatable bonds is 3. The van der Waals surface area contributed by atoms with Crippen LogP contribution in [0.15, 0.2) is 56.9 Å². The molecule has 19 heavy (non-hydrogen) atoms. The SMILES string of the molecule is O=C1C=C(c2ccc(Sc3ccc(F)cc3)o2)CC1. The highest BCUT2D eigenvalue weighted by atomic mass is 32.2. The number of allylic oxidation sites excluding steroid dienone is 2. The summed E-state index contributed by atoms with van der Waals surface area (Å²) in [7, 11) is 0. The van der Waals surface area contributed by atoms with Crippen molar-refractivity contribution in [1.29, 1.82) is 0 Å². The fourth-order valence-corrected chi connectivity index (χ4v) is 2.73. The maximum absolute atomic E-state index is 12.8. The first-order chi connectivity index (χ1) is 9.20. The standard InChI is InChI=1S/C15H11FO2S/c16-11-2-5-13(6-3-11)19-15-8-7-14(18-15)10-1-4-12(17)9-10/h2-3,5-9H,1,4H2. The van der Waals surface area contributed by atoms with Crippen LogP contribution in [0.25, 0.3) is 5.57 Å². The molecule has 0 aliphatic heterocycles. The molecule has 0 atom stereocenters. The van der Waals surface area contributed by atoms with E-state index < -0.39 is 0 Å². The minimum absolute atomic E-state index is 0.152. The lowest BCUT2D eigenvalue weighted by Crippen LogP contribution is -1.80. The third-order valence-electron chi connectivity index (χ3n) is 2.91. The number of carbonyl (C=O) groups excluding carboxylic acids is 1. The van der Waals surface area contributed by atoms with Crippen LogP contribution in [0.4, 0.5) is 4.39 Å². The Morgan fingerprint density at radius 1 is 1.05 bits per heavy atom. The Hall–Kier alpha value is -1.81. The molecule has 0 amide bonds. The van der Waals surface area contributed by atoms with Crippen molar-refractivity contribution in [2.75, 3.05) is 0 Å². The van der Waals surface area contributed by atoms with Crippen LogP contribution in [0, 0.1) is 5.82 Å². The van der Waals surface area contributed by atoms with Crippen molar-refractivity contribution >= 4 is 23.1 Å². The van der Waals surface area contributed by atoms with Gasteiger partial charge in [0.15, 0.2) is 10.9 Å². The Kier molecular flexibility index (Phi) is 3.25. The summed E-state index contributed by atoms with van der Waals surface area (Å²) in [6.45, 7) is 0. The van der Waals surface area contributed by atoms with Crippen molar-refractivity contribution in [3.63, 3.8) is 0 Å². The number of hydrogen-bond acceptors (Lipinski definition) is 3. The van der Waals surface area contributed by atoms with Crippen LogP contribution in [-0.2, 0) is 4.79 Å². The van der Waals surface area contributed by atoms with Gasteiger partial charge in [0.2, 0.25) is 0 Å². The summed E-state index contributed by atoms with van der Waals surface area (Å²) < 4.78 is 18.5. The second-order valence-electron chi connectivity index (χ2n) is 4.31. The Morgan fingerprint density at radius 2 is 1.84 bits per heavy atom. The molecule has 1 aliphatic carbocycles. The molecule has 1 heterocycles. The van der Waals surface area contributed by atoms with Gasteiger partial charge < -0.3 is 4.42 Å². The lowest BCUT2D eigenvalue weighted by Gasteiger charge is -1.98. The highest BCUT2D eigenvalue weighted by molar-refractivity contribution is 7.99. The van der Waals surface area contributed by atoms with E-state index in [1.807, 2.05) is 12.1 Å². The topological polar surface area (TPSA) is 30.2 Å². The molecular formula is C15H11FO2S. The van der Waals surface area contributed by atoms with Gasteiger partial charge >= 0.3 is 0 Å². The first-order valence-corrected chi connectivity index (χ1v) is 6.79. The van der Waals surface area contributed by atoms with Crippen LogP contribution in [0.2, 0.25) is 0 Å². The summed E-state index contributed by atoms with van der Waals surface area (Å²) in [5.74, 6) is 0.647. The van der Waals surface area contributed by atoms with E-state index in [4.69, 9.17) is 4.42 Å². The quantitative estimate of drug-likeness (QED) is 0.835. The highest BCUT2D eigenvalue weighted by Gasteiger charge is 2.16. The summed E-state index contributed by atoms with van der Waals surface area (Å²) in [5.41, 5.74) is 0.955. The third-order valence-corrected chi connectivity index (χ3v) is 3.83. The highest BCUT2D eigenvalue weighted by Crippen LogP contribution is 2.33. The minimum Gasteiger partial charge on any atom is -0.450 e. The fraction of sp³-hybridized carbons (Fsp3) is 0.133. The van der Waals surface area contributed by atoms with E-state index in [0.717, 1.165) is 27.7 Å². The summed E-state index contributed by atoms with van der Waals surface area (Å²) in [4.78, 5) is 12.1. The van der Waals surface area contributed by atoms with Crippen molar-refractivity contribution in [1.82, 2.24) is 0 Å². The molecule has 0 radical (unpaired) electrons. The minimum atomic E-state index is -0.251. The number of furan rings is 1. The summed E-state index contributed by atoms with van der Waals surface area (Å²) in [6, 6.07) is 10.00. The molecule has 0 fully saturated rings. The van der Waals surface area contributed by atoms with Crippen molar-refractivity contribution in [3.8, 4) is 0 Å². The molecule has 2 nitrogen and oxygen atoms in total. The molecule has 1 aromatic heterocycles. The van der Waals surface area contributed by atoms with Crippen LogP contribution in [-0.4, -0.2) is 5.78 Å². The lowest BCUT2D eigenvalue weighted by atomic mass is 10.2. The molecule has 0 bridgehead atoms. The van der Waals surface area contributed by atoms with Crippen LogP contribution >= 0.6 is 11.8 Å². The van der Waals surface area contributed by atoms with Gasteiger partial charge in [-0.3, -0.25) is 4.79 Å². The first-order valence-electron chi connectivity index (χ1n) is 5.98. The zero-order valence-electron chi connectivity index (χ0n) is 10.1. The third kappa shape index (κ3) is 2.79. The first kappa shape index (κ1) is 12.2. The fourth-order valence-electron chi connectivity index (χ4n) is 1.96. The van der Waals surface area contributed by atoms with Crippen LogP contribution in [0.5, 0.6) is 0 Å². The Balaban J connectivity index is 1.76. The van der Waals surface area contributed by atoms with Gasteiger partial charge in [-0.25, -0.2) is 4.39 Å². The zero-order chi connectivity index (χ0) is 13.2. The van der Waals surface area contributed by atoms with Gasteiger partial charge in [0.25, 0.3) is 0 Å². The molecule has 0 saturated heterocycles. The van der Waals surface area contributed by atoms with Crippen LogP contribution < -0.4 is 0 Å². The molecule has 0 saturated carbocycles. The normalized spacial score (nSPS) is 14.8. The van der Waals surface area contributed by atoms with Gasteiger partial charge in [-0.2, -0.15) is 0 Å². The maximum Gasteiger partial charge on any atom is 0.165 e. The molecule has 0 unspecified atom stereocenters. The van der Waals surface area contributed by atoms with Gasteiger partial charge in [0.05, 0.1) is 0 Å². The van der Waals surface area contributed by atoms with E-state index in [1.165, 1.54) is 23.9 Å². The van der Waals surface area contributed by atoms with E-state index in [-0.39, 0.29) is 11.6 Å². The van der Waals surface area contributed by atoms with E-state index in [0.29, 0.717) is 6.42 Å². The second-order valence-corrected chi connectivity index (χ2v) is 5.39. The molecule has 1 aliphatic rings. The van der Waals surface area contributed by atoms with E-state index in [2.05, 4.69) is 0 Å². The average Bonchev–Trinajstić information content (AvgIpc) is 3.01. The molecule has 4 heteroatoms. The summed E-state index contributed by atoms with van der Waals surface area (Å²) in [6.07, 6.45) is 2.95. The van der Waals surface area contributed by atoms with E-state index in [1.54, 1.807) is 18.2 Å². The Bertz CT molecular complexity index is 640. The van der Waals surface area contributed by atoms with Gasteiger partial charge in [0, 0.05) is 11.3 Å². The number of hydrogen-bond donors (Lipinski definition) is 0. The Labute approximate surface area is 114 Å². The number of halogens is 1. The van der Waals surface area contributed by atoms with Gasteiger partial charge in [-0.15, -0.1) is 0 Å². The summed E-state index contributed by atoms with van der Waals surface area (Å²) in [5, 5.41) is 0.738. The molecule has 3 rings (SSSR count). The average molecular weight is 274 g/mol. The molecule has 0 spiro atoms. The molecule has 96 valence electrons. The lowest BCUT2D eigenvalue weighted by molar-refractivity contribution is -0.114. The number of carbonyl (C=O) groups is 1. The van der Waals surface area contributed by atoms with Crippen LogP contribution in [0.3, 0.4) is 0 Å². The molecule has 2 aromatic rings. The molecule has 0 N–H and O–H groups in total. The second kappa shape index (κ2) is 5.05. The van der Waals surface area contributed by atoms with Crippen molar-refractivity contribution in [2.45, 2.75) is 22.8 Å². The molecule has 1 aromatic carbocycles. The van der Waals surface area contributed by atoms with Crippen molar-refractivity contribution in [2.24, 2.45) is 0 Å². The van der Waals surface area contributed by atoms with Gasteiger partial charge in [0.1, 0.15) is 11.6 Å². The van der Waals surface area contributed by atoms with E-state index >= 15 is 0 Å². The van der Waals surface area contributed by atoms with Crippen molar-refractivity contribution in [3.05, 3.63) is 54.1 Å². The van der Waals surface area contributed by atoms with Gasteiger partial charge in [-0.1, -0.05) is 11.8 Å². The predicted octanol–water partition coefficient (Wildman–Crippen LogP) is 4.32. The maximum atomic E-state index is 12.8. The predicted molar refractivity (Wildman–Crippen MR) is 71.4 cm³/mol. The largest absolute Gasteiger partial charge is 0.450 e. The van der Waals surface area contributed by atoms with Gasteiger partial charge in [-0.05, 0) is 54.5 Å².